The molecule has 1 aromatic carbocycles. The normalized spacial score (nSPS) is 18.0. The van der Waals surface area contributed by atoms with Crippen LogP contribution in [0.4, 0.5) is 0 Å². The number of nitrogens with zero attached hydrogens (tertiary/aromatic N) is 3. The quantitative estimate of drug-likeness (QED) is 0.688. The van der Waals surface area contributed by atoms with Crippen molar-refractivity contribution in [1.82, 2.24) is 14.7 Å². The Kier molecular flexibility index (Phi) is 5.46. The summed E-state index contributed by atoms with van der Waals surface area (Å²) in [5.41, 5.74) is 10.2. The van der Waals surface area contributed by atoms with Crippen molar-refractivity contribution in [3.8, 4) is 0 Å². The highest BCUT2D eigenvalue weighted by Crippen LogP contribution is 2.38. The third-order valence-corrected chi connectivity index (χ3v) is 6.88. The maximum atomic E-state index is 12.1. The van der Waals surface area contributed by atoms with Crippen LogP contribution in [0.25, 0.3) is 10.1 Å². The van der Waals surface area contributed by atoms with Crippen molar-refractivity contribution < 1.29 is 9.53 Å². The summed E-state index contributed by atoms with van der Waals surface area (Å²) in [6, 6.07) is 8.41. The molecule has 7 heteroatoms. The lowest BCUT2D eigenvalue weighted by atomic mass is 10.0. The lowest BCUT2D eigenvalue weighted by Gasteiger charge is -2.33. The molecule has 0 spiro atoms. The minimum Gasteiger partial charge on any atom is -0.371 e. The van der Waals surface area contributed by atoms with Crippen LogP contribution in [-0.2, 0) is 11.3 Å². The topological polar surface area (TPSA) is 73.4 Å². The van der Waals surface area contributed by atoms with Crippen LogP contribution in [0, 0.1) is 13.8 Å². The lowest BCUT2D eigenvalue weighted by molar-refractivity contribution is -0.0324. The molecule has 2 aromatic heterocycles. The van der Waals surface area contributed by atoms with Gasteiger partial charge in [-0.1, -0.05) is 18.2 Å². The van der Waals surface area contributed by atoms with Crippen LogP contribution in [0.2, 0.25) is 0 Å². The van der Waals surface area contributed by atoms with E-state index in [2.05, 4.69) is 43.3 Å². The first-order chi connectivity index (χ1) is 13.9. The third-order valence-electron chi connectivity index (χ3n) is 5.68. The zero-order chi connectivity index (χ0) is 20.7. The maximum Gasteiger partial charge on any atom is 0.259 e. The molecule has 0 aliphatic carbocycles. The zero-order valence-corrected chi connectivity index (χ0v) is 18.3. The highest BCUT2D eigenvalue weighted by atomic mass is 32.1. The minimum atomic E-state index is -0.383. The SMILES string of the molecule is Cc1nn(C(C)C)c(C)c1CN1CCO[C@H](c2c(C(N)=O)sc3ccccc23)C1. The van der Waals surface area contributed by atoms with Gasteiger partial charge < -0.3 is 10.5 Å². The number of rotatable bonds is 5. The molecule has 1 saturated heterocycles. The molecule has 0 bridgehead atoms. The molecular formula is C22H28N4O2S. The van der Waals surface area contributed by atoms with Crippen LogP contribution in [0.5, 0.6) is 0 Å². The highest BCUT2D eigenvalue weighted by molar-refractivity contribution is 7.21. The molecule has 154 valence electrons. The molecule has 4 rings (SSSR count). The number of fused-ring (bicyclic) bond motifs is 1. The Hall–Kier alpha value is -2.22. The van der Waals surface area contributed by atoms with Gasteiger partial charge in [-0.3, -0.25) is 14.4 Å². The number of aromatic nitrogens is 2. The number of amides is 1. The van der Waals surface area contributed by atoms with E-state index in [1.54, 1.807) is 0 Å². The van der Waals surface area contributed by atoms with Crippen molar-refractivity contribution in [3.63, 3.8) is 0 Å². The van der Waals surface area contributed by atoms with Gasteiger partial charge in [0.1, 0.15) is 0 Å². The monoisotopic (exact) mass is 412 g/mol. The fourth-order valence-electron chi connectivity index (χ4n) is 4.24. The van der Waals surface area contributed by atoms with Gasteiger partial charge in [0.05, 0.1) is 23.3 Å². The number of benzene rings is 1. The zero-order valence-electron chi connectivity index (χ0n) is 17.4. The molecule has 0 saturated carbocycles. The standard InChI is InChI=1S/C22H28N4O2S/c1-13(2)26-15(4)17(14(3)24-26)11-25-9-10-28-18(12-25)20-16-7-5-6-8-19(16)29-21(20)22(23)27/h5-8,13,18H,9-12H2,1-4H3,(H2,23,27)/t18-/m0/s1. The molecule has 0 radical (unpaired) electrons. The molecule has 1 fully saturated rings. The van der Waals surface area contributed by atoms with Crippen molar-refractivity contribution in [2.75, 3.05) is 19.7 Å². The summed E-state index contributed by atoms with van der Waals surface area (Å²) < 4.78 is 9.30. The molecule has 2 N–H and O–H groups in total. The molecule has 0 unspecified atom stereocenters. The number of hydrogen-bond donors (Lipinski definition) is 1. The molecule has 1 aliphatic heterocycles. The first-order valence-corrected chi connectivity index (χ1v) is 10.9. The Morgan fingerprint density at radius 1 is 1.34 bits per heavy atom. The molecule has 6 nitrogen and oxygen atoms in total. The van der Waals surface area contributed by atoms with Gasteiger partial charge in [-0.25, -0.2) is 0 Å². The van der Waals surface area contributed by atoms with Crippen molar-refractivity contribution in [2.45, 2.75) is 46.4 Å². The molecule has 1 atom stereocenters. The second-order valence-corrected chi connectivity index (χ2v) is 9.04. The summed E-state index contributed by atoms with van der Waals surface area (Å²) in [7, 11) is 0. The first-order valence-electron chi connectivity index (χ1n) is 10.1. The molecule has 1 aliphatic rings. The Morgan fingerprint density at radius 2 is 2.10 bits per heavy atom. The summed E-state index contributed by atoms with van der Waals surface area (Å²) in [6.07, 6.45) is -0.164. The average molecular weight is 413 g/mol. The van der Waals surface area contributed by atoms with Crippen LogP contribution in [0.1, 0.15) is 58.2 Å². The van der Waals surface area contributed by atoms with Gasteiger partial charge in [-0.15, -0.1) is 11.3 Å². The van der Waals surface area contributed by atoms with E-state index in [4.69, 9.17) is 15.6 Å². The second-order valence-electron chi connectivity index (χ2n) is 7.99. The molecular weight excluding hydrogens is 384 g/mol. The maximum absolute atomic E-state index is 12.1. The molecule has 29 heavy (non-hydrogen) atoms. The fourth-order valence-corrected chi connectivity index (χ4v) is 5.35. The number of morpholine rings is 1. The number of carbonyl (C=O) groups excluding carboxylic acids is 1. The summed E-state index contributed by atoms with van der Waals surface area (Å²) in [5, 5.41) is 5.79. The Bertz CT molecular complexity index is 1050. The number of nitrogens with two attached hydrogens (primary N) is 1. The molecule has 1 amide bonds. The minimum absolute atomic E-state index is 0.164. The van der Waals surface area contributed by atoms with Gasteiger partial charge in [0.15, 0.2) is 0 Å². The van der Waals surface area contributed by atoms with Gasteiger partial charge in [-0.2, -0.15) is 5.10 Å². The highest BCUT2D eigenvalue weighted by Gasteiger charge is 2.29. The Labute approximate surface area is 175 Å². The van der Waals surface area contributed by atoms with Gasteiger partial charge in [0.2, 0.25) is 0 Å². The number of aryl methyl sites for hydroxylation is 1. The summed E-state index contributed by atoms with van der Waals surface area (Å²) in [6.45, 7) is 11.6. The van der Waals surface area contributed by atoms with Gasteiger partial charge in [0, 0.05) is 47.2 Å². The van der Waals surface area contributed by atoms with Crippen LogP contribution >= 0.6 is 11.3 Å². The van der Waals surface area contributed by atoms with E-state index in [0.717, 1.165) is 41.0 Å². The van der Waals surface area contributed by atoms with E-state index in [0.29, 0.717) is 17.5 Å². The van der Waals surface area contributed by atoms with Gasteiger partial charge >= 0.3 is 0 Å². The van der Waals surface area contributed by atoms with Gasteiger partial charge in [-0.05, 0) is 39.1 Å². The second kappa shape index (κ2) is 7.89. The van der Waals surface area contributed by atoms with Gasteiger partial charge in [0.25, 0.3) is 5.91 Å². The number of primary amides is 1. The van der Waals surface area contributed by atoms with E-state index in [1.165, 1.54) is 22.6 Å². The van der Waals surface area contributed by atoms with Crippen molar-refractivity contribution in [2.24, 2.45) is 5.73 Å². The Morgan fingerprint density at radius 3 is 2.79 bits per heavy atom. The average Bonchev–Trinajstić information content (AvgIpc) is 3.21. The van der Waals surface area contributed by atoms with Crippen molar-refractivity contribution in [3.05, 3.63) is 51.7 Å². The number of hydrogen-bond acceptors (Lipinski definition) is 5. The Balaban J connectivity index is 1.63. The predicted molar refractivity (Wildman–Crippen MR) is 116 cm³/mol. The largest absolute Gasteiger partial charge is 0.371 e. The van der Waals surface area contributed by atoms with E-state index in [-0.39, 0.29) is 12.0 Å². The number of ether oxygens (including phenoxy) is 1. The van der Waals surface area contributed by atoms with E-state index in [1.807, 2.05) is 18.2 Å². The van der Waals surface area contributed by atoms with Crippen LogP contribution in [0.15, 0.2) is 24.3 Å². The van der Waals surface area contributed by atoms with Crippen LogP contribution < -0.4 is 5.73 Å². The van der Waals surface area contributed by atoms with E-state index in [9.17, 15) is 4.79 Å². The third kappa shape index (κ3) is 3.70. The predicted octanol–water partition coefficient (Wildman–Crippen LogP) is 3.97. The molecule has 3 aromatic rings. The van der Waals surface area contributed by atoms with Crippen molar-refractivity contribution in [1.29, 1.82) is 0 Å². The fraction of sp³-hybridized carbons (Fsp3) is 0.455. The van der Waals surface area contributed by atoms with Crippen LogP contribution in [0.3, 0.4) is 0 Å². The summed E-state index contributed by atoms with van der Waals surface area (Å²) in [5.74, 6) is -0.383. The van der Waals surface area contributed by atoms with E-state index >= 15 is 0 Å². The van der Waals surface area contributed by atoms with E-state index < -0.39 is 0 Å². The number of carbonyl (C=O) groups is 1. The number of thiophene rings is 1. The summed E-state index contributed by atoms with van der Waals surface area (Å²) >= 11 is 1.46. The first kappa shape index (κ1) is 20.1. The van der Waals surface area contributed by atoms with Crippen molar-refractivity contribution >= 4 is 27.3 Å². The van der Waals surface area contributed by atoms with Crippen LogP contribution in [-0.4, -0.2) is 40.3 Å². The smallest absolute Gasteiger partial charge is 0.259 e. The summed E-state index contributed by atoms with van der Waals surface area (Å²) in [4.78, 5) is 15.1. The molecule has 3 heterocycles. The lowest BCUT2D eigenvalue weighted by Crippen LogP contribution is -2.38.